The highest BCUT2D eigenvalue weighted by atomic mass is 16.5. The number of ether oxygens (including phenoxy) is 1. The number of rotatable bonds is 4. The molecule has 7 heteroatoms. The normalized spacial score (nSPS) is 16.9. The minimum absolute atomic E-state index is 0.178. The van der Waals surface area contributed by atoms with E-state index in [1.54, 1.807) is 0 Å². The first-order valence-corrected chi connectivity index (χ1v) is 10.3. The molecule has 0 N–H and O–H groups in total. The predicted molar refractivity (Wildman–Crippen MR) is 114 cm³/mol. The largest absolute Gasteiger partial charge is 0.378 e. The van der Waals surface area contributed by atoms with E-state index in [4.69, 9.17) is 14.7 Å². The van der Waals surface area contributed by atoms with Gasteiger partial charge in [-0.2, -0.15) is 4.98 Å². The third kappa shape index (κ3) is 4.50. The van der Waals surface area contributed by atoms with Gasteiger partial charge >= 0.3 is 0 Å². The van der Waals surface area contributed by atoms with Gasteiger partial charge in [-0.15, -0.1) is 0 Å². The summed E-state index contributed by atoms with van der Waals surface area (Å²) in [6.45, 7) is 4.45. The first kappa shape index (κ1) is 19.6. The number of nitrogens with zero attached hydrogens (tertiary/aromatic N) is 5. The highest BCUT2D eigenvalue weighted by molar-refractivity contribution is 5.79. The van der Waals surface area contributed by atoms with Crippen molar-refractivity contribution >= 4 is 17.7 Å². The molecule has 0 bridgehead atoms. The van der Waals surface area contributed by atoms with Crippen molar-refractivity contribution in [3.63, 3.8) is 0 Å². The van der Waals surface area contributed by atoms with Crippen LogP contribution in [0, 0.1) is 0 Å². The van der Waals surface area contributed by atoms with Crippen molar-refractivity contribution < 1.29 is 9.53 Å². The van der Waals surface area contributed by atoms with E-state index in [1.807, 2.05) is 49.3 Å². The van der Waals surface area contributed by atoms with Crippen LogP contribution in [0.1, 0.15) is 16.8 Å². The second kappa shape index (κ2) is 8.78. The lowest BCUT2D eigenvalue weighted by Gasteiger charge is -2.28. The van der Waals surface area contributed by atoms with Crippen LogP contribution in [0.5, 0.6) is 0 Å². The Bertz CT molecular complexity index is 850. The average Bonchev–Trinajstić information content (AvgIpc) is 2.97. The summed E-state index contributed by atoms with van der Waals surface area (Å²) >= 11 is 0. The van der Waals surface area contributed by atoms with Gasteiger partial charge in [0.15, 0.2) is 0 Å². The number of morpholine rings is 1. The Kier molecular flexibility index (Phi) is 5.94. The van der Waals surface area contributed by atoms with E-state index in [1.165, 1.54) is 5.56 Å². The summed E-state index contributed by atoms with van der Waals surface area (Å²) in [7, 11) is 4.05. The Labute approximate surface area is 172 Å². The van der Waals surface area contributed by atoms with E-state index in [9.17, 15) is 4.79 Å². The topological polar surface area (TPSA) is 61.8 Å². The fourth-order valence-electron chi connectivity index (χ4n) is 3.97. The van der Waals surface area contributed by atoms with Crippen LogP contribution in [0.15, 0.2) is 30.3 Å². The molecule has 1 saturated heterocycles. The highest BCUT2D eigenvalue weighted by Crippen LogP contribution is 2.26. The van der Waals surface area contributed by atoms with Gasteiger partial charge < -0.3 is 19.4 Å². The van der Waals surface area contributed by atoms with Gasteiger partial charge in [0, 0.05) is 52.3 Å². The van der Waals surface area contributed by atoms with Crippen molar-refractivity contribution in [2.24, 2.45) is 0 Å². The van der Waals surface area contributed by atoms with E-state index >= 15 is 0 Å². The summed E-state index contributed by atoms with van der Waals surface area (Å²) < 4.78 is 5.47. The second-order valence-electron chi connectivity index (χ2n) is 7.81. The number of aromatic nitrogens is 2. The van der Waals surface area contributed by atoms with Gasteiger partial charge in [0.1, 0.15) is 5.82 Å². The highest BCUT2D eigenvalue weighted by Gasteiger charge is 2.25. The smallest absolute Gasteiger partial charge is 0.227 e. The zero-order valence-electron chi connectivity index (χ0n) is 17.3. The van der Waals surface area contributed by atoms with Gasteiger partial charge in [-0.05, 0) is 12.0 Å². The molecule has 0 unspecified atom stereocenters. The first-order valence-electron chi connectivity index (χ1n) is 10.3. The Morgan fingerprint density at radius 3 is 2.48 bits per heavy atom. The van der Waals surface area contributed by atoms with Crippen LogP contribution in [0.2, 0.25) is 0 Å². The molecular formula is C22H29N5O2. The number of amides is 1. The molecule has 0 radical (unpaired) electrons. The standard InChI is InChI=1S/C22H29N5O2/c1-25(2)21-18-8-10-26(20(28)16-17-6-4-3-5-7-17)11-9-19(18)23-22(24-21)27-12-14-29-15-13-27/h3-7H,8-16H2,1-2H3. The fraction of sp³-hybridized carbons (Fsp3) is 0.500. The zero-order valence-corrected chi connectivity index (χ0v) is 17.3. The molecule has 2 aromatic rings. The van der Waals surface area contributed by atoms with Crippen LogP contribution in [-0.2, 0) is 28.8 Å². The number of carbonyl (C=O) groups excluding carboxylic acids is 1. The predicted octanol–water partition coefficient (Wildman–Crippen LogP) is 1.55. The summed E-state index contributed by atoms with van der Waals surface area (Å²) in [6.07, 6.45) is 1.99. The molecule has 1 aromatic carbocycles. The minimum Gasteiger partial charge on any atom is -0.378 e. The van der Waals surface area contributed by atoms with Crippen LogP contribution >= 0.6 is 0 Å². The molecule has 0 saturated carbocycles. The van der Waals surface area contributed by atoms with E-state index in [0.29, 0.717) is 32.7 Å². The van der Waals surface area contributed by atoms with Crippen molar-refractivity contribution in [2.75, 3.05) is 63.3 Å². The van der Waals surface area contributed by atoms with Gasteiger partial charge in [-0.25, -0.2) is 4.98 Å². The lowest BCUT2D eigenvalue weighted by Crippen LogP contribution is -2.38. The summed E-state index contributed by atoms with van der Waals surface area (Å²) in [5.74, 6) is 1.92. The Morgan fingerprint density at radius 1 is 1.03 bits per heavy atom. The number of hydrogen-bond acceptors (Lipinski definition) is 6. The van der Waals surface area contributed by atoms with Crippen molar-refractivity contribution in [3.8, 4) is 0 Å². The number of anilines is 2. The van der Waals surface area contributed by atoms with Crippen LogP contribution in [0.4, 0.5) is 11.8 Å². The summed E-state index contributed by atoms with van der Waals surface area (Å²) in [4.78, 5) is 28.9. The van der Waals surface area contributed by atoms with Crippen molar-refractivity contribution in [1.82, 2.24) is 14.9 Å². The van der Waals surface area contributed by atoms with Crippen molar-refractivity contribution in [2.45, 2.75) is 19.3 Å². The van der Waals surface area contributed by atoms with Crippen molar-refractivity contribution in [3.05, 3.63) is 47.2 Å². The molecule has 1 fully saturated rings. The van der Waals surface area contributed by atoms with Crippen LogP contribution in [0.25, 0.3) is 0 Å². The maximum absolute atomic E-state index is 12.9. The van der Waals surface area contributed by atoms with Gasteiger partial charge in [0.05, 0.1) is 25.3 Å². The average molecular weight is 396 g/mol. The lowest BCUT2D eigenvalue weighted by molar-refractivity contribution is -0.130. The van der Waals surface area contributed by atoms with E-state index in [2.05, 4.69) is 9.80 Å². The molecule has 3 heterocycles. The zero-order chi connectivity index (χ0) is 20.2. The molecule has 0 spiro atoms. The number of carbonyl (C=O) groups is 1. The SMILES string of the molecule is CN(C)c1nc(N2CCOCC2)nc2c1CCN(C(=O)Cc1ccccc1)CC2. The van der Waals surface area contributed by atoms with Gasteiger partial charge in [-0.3, -0.25) is 4.79 Å². The van der Waals surface area contributed by atoms with Gasteiger partial charge in [-0.1, -0.05) is 30.3 Å². The fourth-order valence-corrected chi connectivity index (χ4v) is 3.97. The Hall–Kier alpha value is -2.67. The van der Waals surface area contributed by atoms with E-state index < -0.39 is 0 Å². The lowest BCUT2D eigenvalue weighted by atomic mass is 10.1. The van der Waals surface area contributed by atoms with Gasteiger partial charge in [0.2, 0.25) is 11.9 Å². The van der Waals surface area contributed by atoms with Gasteiger partial charge in [0.25, 0.3) is 0 Å². The molecule has 2 aliphatic rings. The molecule has 1 aromatic heterocycles. The van der Waals surface area contributed by atoms with Crippen LogP contribution < -0.4 is 9.80 Å². The van der Waals surface area contributed by atoms with Crippen LogP contribution in [0.3, 0.4) is 0 Å². The summed E-state index contributed by atoms with van der Waals surface area (Å²) in [6, 6.07) is 9.95. The molecule has 29 heavy (non-hydrogen) atoms. The molecule has 7 nitrogen and oxygen atoms in total. The summed E-state index contributed by atoms with van der Waals surface area (Å²) in [5.41, 5.74) is 3.30. The number of fused-ring (bicyclic) bond motifs is 1. The molecule has 2 aliphatic heterocycles. The molecule has 4 rings (SSSR count). The molecule has 0 aliphatic carbocycles. The third-order valence-electron chi connectivity index (χ3n) is 5.58. The minimum atomic E-state index is 0.178. The maximum Gasteiger partial charge on any atom is 0.227 e. The summed E-state index contributed by atoms with van der Waals surface area (Å²) in [5, 5.41) is 0. The quantitative estimate of drug-likeness (QED) is 0.783. The number of benzene rings is 1. The van der Waals surface area contributed by atoms with Crippen LogP contribution in [-0.4, -0.2) is 74.3 Å². The Balaban J connectivity index is 1.53. The molecular weight excluding hydrogens is 366 g/mol. The first-order chi connectivity index (χ1) is 14.1. The van der Waals surface area contributed by atoms with E-state index in [0.717, 1.165) is 49.0 Å². The Morgan fingerprint density at radius 2 is 1.76 bits per heavy atom. The van der Waals surface area contributed by atoms with Crippen molar-refractivity contribution in [1.29, 1.82) is 0 Å². The molecule has 0 atom stereocenters. The molecule has 1 amide bonds. The monoisotopic (exact) mass is 395 g/mol. The second-order valence-corrected chi connectivity index (χ2v) is 7.81. The maximum atomic E-state index is 12.9. The molecule has 154 valence electrons. The van der Waals surface area contributed by atoms with E-state index in [-0.39, 0.29) is 5.91 Å². The third-order valence-corrected chi connectivity index (χ3v) is 5.58. The number of hydrogen-bond donors (Lipinski definition) is 0.